The molecule has 0 saturated carbocycles. The molecule has 0 aliphatic rings. The standard InChI is InChI=1S/C8H20N2S2/c1-11-12-8-4-2-3-6-10-7-5-9/h10H,2-9H2,1H3. The predicted molar refractivity (Wildman–Crippen MR) is 61.7 cm³/mol. The lowest BCUT2D eigenvalue weighted by Crippen LogP contribution is -2.23. The van der Waals surface area contributed by atoms with Gasteiger partial charge >= 0.3 is 0 Å². The van der Waals surface area contributed by atoms with Crippen molar-refractivity contribution in [3.8, 4) is 0 Å². The van der Waals surface area contributed by atoms with E-state index < -0.39 is 0 Å². The molecule has 0 heterocycles. The first-order valence-electron chi connectivity index (χ1n) is 4.48. The number of hydrogen-bond donors (Lipinski definition) is 2. The van der Waals surface area contributed by atoms with Gasteiger partial charge in [-0.25, -0.2) is 0 Å². The van der Waals surface area contributed by atoms with E-state index in [1.165, 1.54) is 25.0 Å². The van der Waals surface area contributed by atoms with E-state index in [1.807, 2.05) is 21.6 Å². The monoisotopic (exact) mass is 208 g/mol. The molecular weight excluding hydrogens is 188 g/mol. The topological polar surface area (TPSA) is 38.0 Å². The number of nitrogens with one attached hydrogen (secondary N) is 1. The van der Waals surface area contributed by atoms with Crippen LogP contribution in [0.25, 0.3) is 0 Å². The minimum absolute atomic E-state index is 0.752. The molecule has 0 amide bonds. The van der Waals surface area contributed by atoms with Gasteiger partial charge < -0.3 is 11.1 Å². The zero-order chi connectivity index (χ0) is 9.07. The summed E-state index contributed by atoms with van der Waals surface area (Å²) in [6.07, 6.45) is 6.10. The molecule has 0 aromatic carbocycles. The maximum absolute atomic E-state index is 5.34. The van der Waals surface area contributed by atoms with Crippen molar-refractivity contribution in [2.24, 2.45) is 5.73 Å². The third-order valence-electron chi connectivity index (χ3n) is 1.52. The summed E-state index contributed by atoms with van der Waals surface area (Å²) in [5, 5.41) is 3.29. The summed E-state index contributed by atoms with van der Waals surface area (Å²) in [4.78, 5) is 0. The van der Waals surface area contributed by atoms with Crippen LogP contribution in [0.5, 0.6) is 0 Å². The second-order valence-corrected chi connectivity index (χ2v) is 5.27. The van der Waals surface area contributed by atoms with E-state index in [0.29, 0.717) is 0 Å². The Balaban J connectivity index is 2.73. The van der Waals surface area contributed by atoms with Gasteiger partial charge in [-0.1, -0.05) is 28.0 Å². The minimum atomic E-state index is 0.752. The molecule has 0 aliphatic heterocycles. The van der Waals surface area contributed by atoms with Crippen LogP contribution in [-0.4, -0.2) is 31.6 Å². The summed E-state index contributed by atoms with van der Waals surface area (Å²) in [6.45, 7) is 2.84. The highest BCUT2D eigenvalue weighted by Gasteiger charge is 1.89. The molecule has 0 aromatic rings. The molecule has 0 spiro atoms. The molecular formula is C8H20N2S2. The van der Waals surface area contributed by atoms with E-state index in [-0.39, 0.29) is 0 Å². The van der Waals surface area contributed by atoms with Crippen molar-refractivity contribution in [1.29, 1.82) is 0 Å². The van der Waals surface area contributed by atoms with E-state index in [9.17, 15) is 0 Å². The summed E-state index contributed by atoms with van der Waals surface area (Å²) in [5.41, 5.74) is 5.34. The molecule has 0 bridgehead atoms. The van der Waals surface area contributed by atoms with Crippen molar-refractivity contribution < 1.29 is 0 Å². The van der Waals surface area contributed by atoms with Crippen molar-refractivity contribution >= 4 is 21.6 Å². The third kappa shape index (κ3) is 10.6. The summed E-state index contributed by atoms with van der Waals surface area (Å²) in [5.74, 6) is 1.29. The second kappa shape index (κ2) is 11.6. The van der Waals surface area contributed by atoms with E-state index >= 15 is 0 Å². The average molecular weight is 208 g/mol. The molecule has 12 heavy (non-hydrogen) atoms. The normalized spacial score (nSPS) is 10.5. The summed E-state index contributed by atoms with van der Waals surface area (Å²) < 4.78 is 0. The zero-order valence-electron chi connectivity index (χ0n) is 7.84. The lowest BCUT2D eigenvalue weighted by molar-refractivity contribution is 0.623. The Bertz CT molecular complexity index is 71.5. The third-order valence-corrected chi connectivity index (χ3v) is 3.42. The number of unbranched alkanes of at least 4 members (excludes halogenated alkanes) is 2. The summed E-state index contributed by atoms with van der Waals surface area (Å²) >= 11 is 0. The highest BCUT2D eigenvalue weighted by Crippen LogP contribution is 2.18. The largest absolute Gasteiger partial charge is 0.329 e. The first-order valence-corrected chi connectivity index (χ1v) is 7.21. The Morgan fingerprint density at radius 2 is 2.00 bits per heavy atom. The van der Waals surface area contributed by atoms with Gasteiger partial charge in [-0.05, 0) is 25.6 Å². The first-order chi connectivity index (χ1) is 5.91. The van der Waals surface area contributed by atoms with Crippen molar-refractivity contribution in [1.82, 2.24) is 5.32 Å². The zero-order valence-corrected chi connectivity index (χ0v) is 9.48. The quantitative estimate of drug-likeness (QED) is 0.447. The summed E-state index contributed by atoms with van der Waals surface area (Å²) in [7, 11) is 3.81. The molecule has 0 atom stereocenters. The van der Waals surface area contributed by atoms with Crippen LogP contribution in [0.1, 0.15) is 19.3 Å². The van der Waals surface area contributed by atoms with Gasteiger partial charge in [-0.3, -0.25) is 0 Å². The van der Waals surface area contributed by atoms with Gasteiger partial charge in [0.05, 0.1) is 0 Å². The van der Waals surface area contributed by atoms with Crippen LogP contribution in [0, 0.1) is 0 Å². The highest BCUT2D eigenvalue weighted by molar-refractivity contribution is 8.76. The fourth-order valence-electron chi connectivity index (χ4n) is 0.898. The molecule has 2 nitrogen and oxygen atoms in total. The molecule has 0 aromatic heterocycles. The molecule has 4 heteroatoms. The van der Waals surface area contributed by atoms with Crippen LogP contribution in [0.4, 0.5) is 0 Å². The van der Waals surface area contributed by atoms with Crippen molar-refractivity contribution in [2.45, 2.75) is 19.3 Å². The molecule has 0 saturated heterocycles. The smallest absolute Gasteiger partial charge is 0.00745 e. The van der Waals surface area contributed by atoms with E-state index in [4.69, 9.17) is 5.73 Å². The van der Waals surface area contributed by atoms with Crippen LogP contribution in [0.2, 0.25) is 0 Å². The lowest BCUT2D eigenvalue weighted by Gasteiger charge is -2.01. The van der Waals surface area contributed by atoms with E-state index in [1.54, 1.807) is 0 Å². The number of hydrogen-bond acceptors (Lipinski definition) is 4. The van der Waals surface area contributed by atoms with Crippen LogP contribution in [0.15, 0.2) is 0 Å². The van der Waals surface area contributed by atoms with Crippen LogP contribution in [0.3, 0.4) is 0 Å². The van der Waals surface area contributed by atoms with Gasteiger partial charge in [0, 0.05) is 18.8 Å². The Morgan fingerprint density at radius 3 is 2.67 bits per heavy atom. The summed E-state index contributed by atoms with van der Waals surface area (Å²) in [6, 6.07) is 0. The Labute approximate surface area is 83.8 Å². The molecule has 0 aliphatic carbocycles. The fourth-order valence-corrected chi connectivity index (χ4v) is 2.24. The molecule has 3 N–H and O–H groups in total. The molecule has 0 fully saturated rings. The highest BCUT2D eigenvalue weighted by atomic mass is 33.1. The van der Waals surface area contributed by atoms with Crippen molar-refractivity contribution in [2.75, 3.05) is 31.6 Å². The van der Waals surface area contributed by atoms with Crippen LogP contribution < -0.4 is 11.1 Å². The van der Waals surface area contributed by atoms with Gasteiger partial charge in [0.15, 0.2) is 0 Å². The minimum Gasteiger partial charge on any atom is -0.329 e. The maximum Gasteiger partial charge on any atom is 0.00745 e. The molecule has 0 rings (SSSR count). The van der Waals surface area contributed by atoms with Crippen LogP contribution >= 0.6 is 21.6 Å². The van der Waals surface area contributed by atoms with Gasteiger partial charge in [-0.2, -0.15) is 0 Å². The average Bonchev–Trinajstić information content (AvgIpc) is 2.10. The molecule has 0 radical (unpaired) electrons. The first kappa shape index (κ1) is 12.6. The Morgan fingerprint density at radius 1 is 1.17 bits per heavy atom. The molecule has 0 unspecified atom stereocenters. The Kier molecular flexibility index (Phi) is 12.2. The van der Waals surface area contributed by atoms with Gasteiger partial charge in [0.25, 0.3) is 0 Å². The second-order valence-electron chi connectivity index (χ2n) is 2.59. The predicted octanol–water partition coefficient (Wildman–Crippen LogP) is 1.72. The SMILES string of the molecule is CSSCCCCCNCCN. The fraction of sp³-hybridized carbons (Fsp3) is 1.00. The number of nitrogens with two attached hydrogens (primary N) is 1. The van der Waals surface area contributed by atoms with Crippen molar-refractivity contribution in [3.63, 3.8) is 0 Å². The van der Waals surface area contributed by atoms with E-state index in [2.05, 4.69) is 11.6 Å². The molecule has 74 valence electrons. The lowest BCUT2D eigenvalue weighted by atomic mass is 10.2. The number of rotatable bonds is 9. The maximum atomic E-state index is 5.34. The van der Waals surface area contributed by atoms with Gasteiger partial charge in [0.1, 0.15) is 0 Å². The Hall–Kier alpha value is 0.620. The van der Waals surface area contributed by atoms with E-state index in [0.717, 1.165) is 19.6 Å². The van der Waals surface area contributed by atoms with Gasteiger partial charge in [-0.15, -0.1) is 0 Å². The van der Waals surface area contributed by atoms with Crippen LogP contribution in [-0.2, 0) is 0 Å². The van der Waals surface area contributed by atoms with Crippen molar-refractivity contribution in [3.05, 3.63) is 0 Å². The van der Waals surface area contributed by atoms with Gasteiger partial charge in [0.2, 0.25) is 0 Å².